The van der Waals surface area contributed by atoms with Crippen LogP contribution in [0.3, 0.4) is 0 Å². The van der Waals surface area contributed by atoms with E-state index in [0.29, 0.717) is 12.5 Å². The zero-order valence-corrected chi connectivity index (χ0v) is 11.3. The zero-order valence-electron chi connectivity index (χ0n) is 11.3. The van der Waals surface area contributed by atoms with E-state index in [1.165, 1.54) is 38.6 Å². The number of carbonyl (C=O) groups is 1. The van der Waals surface area contributed by atoms with Gasteiger partial charge in [0.2, 0.25) is 5.91 Å². The van der Waals surface area contributed by atoms with Crippen molar-refractivity contribution >= 4 is 5.91 Å². The van der Waals surface area contributed by atoms with E-state index in [4.69, 9.17) is 5.73 Å². The Morgan fingerprint density at radius 3 is 2.83 bits per heavy atom. The van der Waals surface area contributed by atoms with E-state index in [9.17, 15) is 4.79 Å². The first kappa shape index (κ1) is 13.8. The van der Waals surface area contributed by atoms with Gasteiger partial charge in [0, 0.05) is 18.5 Å². The Labute approximate surface area is 110 Å². The van der Waals surface area contributed by atoms with Crippen molar-refractivity contribution in [1.82, 2.24) is 10.6 Å². The summed E-state index contributed by atoms with van der Waals surface area (Å²) in [6.07, 6.45) is 9.25. The van der Waals surface area contributed by atoms with Gasteiger partial charge in [-0.15, -0.1) is 0 Å². The van der Waals surface area contributed by atoms with Crippen LogP contribution in [-0.2, 0) is 4.79 Å². The maximum atomic E-state index is 10.6. The van der Waals surface area contributed by atoms with Gasteiger partial charge >= 0.3 is 0 Å². The van der Waals surface area contributed by atoms with Crippen LogP contribution in [0.15, 0.2) is 0 Å². The Bertz CT molecular complexity index is 264. The Morgan fingerprint density at radius 1 is 1.22 bits per heavy atom. The van der Waals surface area contributed by atoms with Gasteiger partial charge in [0.05, 0.1) is 0 Å². The van der Waals surface area contributed by atoms with Crippen LogP contribution in [0, 0.1) is 5.92 Å². The molecular weight excluding hydrogens is 226 g/mol. The van der Waals surface area contributed by atoms with Crippen molar-refractivity contribution in [2.75, 3.05) is 13.1 Å². The third kappa shape index (κ3) is 3.95. The topological polar surface area (TPSA) is 67.2 Å². The summed E-state index contributed by atoms with van der Waals surface area (Å²) in [5.74, 6) is 0.646. The summed E-state index contributed by atoms with van der Waals surface area (Å²) in [4.78, 5) is 10.6. The molecular formula is C14H27N3O. The summed E-state index contributed by atoms with van der Waals surface area (Å²) in [6, 6.07) is 1.43. The van der Waals surface area contributed by atoms with Crippen molar-refractivity contribution in [3.63, 3.8) is 0 Å². The van der Waals surface area contributed by atoms with Gasteiger partial charge in [-0.1, -0.05) is 6.42 Å². The van der Waals surface area contributed by atoms with Gasteiger partial charge in [0.1, 0.15) is 0 Å². The van der Waals surface area contributed by atoms with Gasteiger partial charge < -0.3 is 16.4 Å². The third-order valence-corrected chi connectivity index (χ3v) is 4.44. The summed E-state index contributed by atoms with van der Waals surface area (Å²) in [5, 5.41) is 7.33. The number of primary amides is 1. The first-order valence-corrected chi connectivity index (χ1v) is 7.52. The maximum absolute atomic E-state index is 10.6. The van der Waals surface area contributed by atoms with Crippen LogP contribution in [0.1, 0.15) is 51.4 Å². The highest BCUT2D eigenvalue weighted by Crippen LogP contribution is 2.31. The number of nitrogens with one attached hydrogen (secondary N) is 2. The second kappa shape index (κ2) is 7.10. The van der Waals surface area contributed by atoms with Crippen molar-refractivity contribution in [3.8, 4) is 0 Å². The first-order valence-electron chi connectivity index (χ1n) is 7.52. The monoisotopic (exact) mass is 253 g/mol. The normalized spacial score (nSPS) is 31.9. The number of amides is 1. The molecule has 1 aliphatic carbocycles. The van der Waals surface area contributed by atoms with Crippen LogP contribution >= 0.6 is 0 Å². The van der Waals surface area contributed by atoms with Gasteiger partial charge in [-0.05, 0) is 57.5 Å². The lowest BCUT2D eigenvalue weighted by atomic mass is 9.93. The minimum absolute atomic E-state index is 0.177. The van der Waals surface area contributed by atoms with Crippen LogP contribution in [0.2, 0.25) is 0 Å². The fourth-order valence-electron chi connectivity index (χ4n) is 3.51. The van der Waals surface area contributed by atoms with Gasteiger partial charge in [0.25, 0.3) is 0 Å². The molecule has 4 N–H and O–H groups in total. The molecule has 0 aromatic heterocycles. The maximum Gasteiger partial charge on any atom is 0.217 e. The average molecular weight is 253 g/mol. The van der Waals surface area contributed by atoms with E-state index in [1.54, 1.807) is 0 Å². The van der Waals surface area contributed by atoms with Crippen molar-refractivity contribution in [3.05, 3.63) is 0 Å². The molecule has 1 saturated carbocycles. The zero-order chi connectivity index (χ0) is 12.8. The Morgan fingerprint density at radius 2 is 2.11 bits per heavy atom. The molecule has 1 heterocycles. The van der Waals surface area contributed by atoms with Gasteiger partial charge in [0.15, 0.2) is 0 Å². The summed E-state index contributed by atoms with van der Waals surface area (Å²) >= 11 is 0. The lowest BCUT2D eigenvalue weighted by Gasteiger charge is -2.26. The molecule has 0 spiro atoms. The van der Waals surface area contributed by atoms with E-state index in [0.717, 1.165) is 31.3 Å². The quantitative estimate of drug-likeness (QED) is 0.596. The standard InChI is InChI=1S/C14H27N3O/c15-14(18)8-1-2-9-16-12-6-3-5-11(12)13-7-4-10-17-13/h11-13,16-17H,1-10H2,(H2,15,18). The lowest BCUT2D eigenvalue weighted by molar-refractivity contribution is -0.118. The number of hydrogen-bond donors (Lipinski definition) is 3. The number of rotatable bonds is 7. The Balaban J connectivity index is 1.63. The van der Waals surface area contributed by atoms with Crippen molar-refractivity contribution in [2.24, 2.45) is 11.7 Å². The molecule has 3 atom stereocenters. The van der Waals surface area contributed by atoms with Crippen molar-refractivity contribution in [1.29, 1.82) is 0 Å². The highest BCUT2D eigenvalue weighted by Gasteiger charge is 2.34. The number of nitrogens with two attached hydrogens (primary N) is 1. The minimum Gasteiger partial charge on any atom is -0.370 e. The second-order valence-corrected chi connectivity index (χ2v) is 5.78. The molecule has 4 heteroatoms. The van der Waals surface area contributed by atoms with E-state index < -0.39 is 0 Å². The molecule has 0 aromatic rings. The van der Waals surface area contributed by atoms with E-state index in [-0.39, 0.29) is 5.91 Å². The molecule has 0 bridgehead atoms. The third-order valence-electron chi connectivity index (χ3n) is 4.44. The summed E-state index contributed by atoms with van der Waals surface area (Å²) < 4.78 is 0. The van der Waals surface area contributed by atoms with E-state index in [1.807, 2.05) is 0 Å². The molecule has 104 valence electrons. The molecule has 4 nitrogen and oxygen atoms in total. The van der Waals surface area contributed by atoms with Gasteiger partial charge in [-0.3, -0.25) is 4.79 Å². The molecule has 1 amide bonds. The predicted molar refractivity (Wildman–Crippen MR) is 73.2 cm³/mol. The fourth-order valence-corrected chi connectivity index (χ4v) is 3.51. The summed E-state index contributed by atoms with van der Waals surface area (Å²) in [6.45, 7) is 2.23. The molecule has 3 unspecified atom stereocenters. The fraction of sp³-hybridized carbons (Fsp3) is 0.929. The van der Waals surface area contributed by atoms with Crippen LogP contribution in [-0.4, -0.2) is 31.1 Å². The second-order valence-electron chi connectivity index (χ2n) is 5.78. The van der Waals surface area contributed by atoms with Crippen LogP contribution in [0.5, 0.6) is 0 Å². The molecule has 2 aliphatic rings. The average Bonchev–Trinajstić information content (AvgIpc) is 2.97. The number of hydrogen-bond acceptors (Lipinski definition) is 3. The summed E-state index contributed by atoms with van der Waals surface area (Å²) in [7, 11) is 0. The molecule has 1 saturated heterocycles. The van der Waals surface area contributed by atoms with Crippen molar-refractivity contribution < 1.29 is 4.79 Å². The summed E-state index contributed by atoms with van der Waals surface area (Å²) in [5.41, 5.74) is 5.13. The highest BCUT2D eigenvalue weighted by atomic mass is 16.1. The van der Waals surface area contributed by atoms with E-state index in [2.05, 4.69) is 10.6 Å². The van der Waals surface area contributed by atoms with Crippen LogP contribution in [0.4, 0.5) is 0 Å². The van der Waals surface area contributed by atoms with E-state index >= 15 is 0 Å². The molecule has 0 aromatic carbocycles. The minimum atomic E-state index is -0.177. The molecule has 2 rings (SSSR count). The molecule has 1 aliphatic heterocycles. The number of carbonyl (C=O) groups excluding carboxylic acids is 1. The highest BCUT2D eigenvalue weighted by molar-refractivity contribution is 5.73. The van der Waals surface area contributed by atoms with Crippen molar-refractivity contribution in [2.45, 2.75) is 63.5 Å². The number of unbranched alkanes of at least 4 members (excludes halogenated alkanes) is 1. The van der Waals surface area contributed by atoms with Gasteiger partial charge in [-0.2, -0.15) is 0 Å². The Hall–Kier alpha value is -0.610. The molecule has 0 radical (unpaired) electrons. The Kier molecular flexibility index (Phi) is 5.45. The molecule has 2 fully saturated rings. The lowest BCUT2D eigenvalue weighted by Crippen LogP contribution is -2.42. The predicted octanol–water partition coefficient (Wildman–Crippen LogP) is 1.15. The van der Waals surface area contributed by atoms with Crippen LogP contribution < -0.4 is 16.4 Å². The van der Waals surface area contributed by atoms with Crippen LogP contribution in [0.25, 0.3) is 0 Å². The smallest absolute Gasteiger partial charge is 0.217 e. The largest absolute Gasteiger partial charge is 0.370 e. The first-order chi connectivity index (χ1) is 8.77. The molecule has 18 heavy (non-hydrogen) atoms. The van der Waals surface area contributed by atoms with Gasteiger partial charge in [-0.25, -0.2) is 0 Å². The SMILES string of the molecule is NC(=O)CCCCNC1CCCC1C1CCCN1.